The van der Waals surface area contributed by atoms with E-state index in [0.29, 0.717) is 12.8 Å². The van der Waals surface area contributed by atoms with Crippen LogP contribution < -0.4 is 0 Å². The molecule has 0 saturated carbocycles. The standard InChI is InChI=1S/C44H70O6/c1-4-7-10-13-16-19-20-21-22-23-26-28-31-34-37-43(46)49-40-41(50-44(47)38-35-32-29-25-18-15-12-9-6-3)39-48-42(45)36-33-30-27-24-17-14-11-8-5-2/h7-12,16-19,24-25,32,35,41H,4-6,13-15,20-23,26-31,33-34,36-40H2,1-3H3/b10-7-,11-8-,12-9-,19-16-,24-17-,25-18-,35-32-. The van der Waals surface area contributed by atoms with Crippen molar-refractivity contribution in [2.45, 2.75) is 162 Å². The highest BCUT2D eigenvalue weighted by Gasteiger charge is 2.19. The number of esters is 3. The van der Waals surface area contributed by atoms with Crippen molar-refractivity contribution in [2.24, 2.45) is 0 Å². The summed E-state index contributed by atoms with van der Waals surface area (Å²) in [7, 11) is 0. The molecule has 0 aliphatic heterocycles. The monoisotopic (exact) mass is 695 g/mol. The molecule has 0 aromatic heterocycles. The van der Waals surface area contributed by atoms with Gasteiger partial charge in [0, 0.05) is 12.8 Å². The van der Waals surface area contributed by atoms with Crippen LogP contribution in [-0.4, -0.2) is 37.2 Å². The molecule has 0 spiro atoms. The SMILES string of the molecule is CC/C=C\C/C=C\C/C=C\CC(=O)OC(COC(=O)CCCC/C=C\C/C=C\CC)COC(=O)CCCCCCCCC/C=C\C/C=C\CC. The first-order valence-corrected chi connectivity index (χ1v) is 19.6. The molecular formula is C44H70O6. The number of hydrogen-bond donors (Lipinski definition) is 0. The smallest absolute Gasteiger partial charge is 0.310 e. The van der Waals surface area contributed by atoms with Gasteiger partial charge in [-0.05, 0) is 83.5 Å². The molecule has 0 heterocycles. The largest absolute Gasteiger partial charge is 0.462 e. The lowest BCUT2D eigenvalue weighted by Crippen LogP contribution is -2.30. The summed E-state index contributed by atoms with van der Waals surface area (Å²) in [6, 6.07) is 0. The molecule has 0 radical (unpaired) electrons. The minimum absolute atomic E-state index is 0.0943. The van der Waals surface area contributed by atoms with Crippen LogP contribution in [0.1, 0.15) is 156 Å². The molecular weight excluding hydrogens is 624 g/mol. The lowest BCUT2D eigenvalue weighted by molar-refractivity contribution is -0.166. The van der Waals surface area contributed by atoms with Crippen molar-refractivity contribution in [1.29, 1.82) is 0 Å². The molecule has 0 aliphatic carbocycles. The van der Waals surface area contributed by atoms with Crippen molar-refractivity contribution in [3.05, 3.63) is 85.1 Å². The highest BCUT2D eigenvalue weighted by Crippen LogP contribution is 2.11. The van der Waals surface area contributed by atoms with Gasteiger partial charge in [0.25, 0.3) is 0 Å². The number of carbonyl (C=O) groups is 3. The van der Waals surface area contributed by atoms with Gasteiger partial charge >= 0.3 is 17.9 Å². The predicted octanol–water partition coefficient (Wildman–Crippen LogP) is 12.1. The summed E-state index contributed by atoms with van der Waals surface area (Å²) in [5, 5.41) is 0. The van der Waals surface area contributed by atoms with Gasteiger partial charge in [0.05, 0.1) is 6.42 Å². The molecule has 0 fully saturated rings. The Morgan fingerprint density at radius 3 is 1.26 bits per heavy atom. The Balaban J connectivity index is 4.48. The number of carbonyl (C=O) groups excluding carboxylic acids is 3. The van der Waals surface area contributed by atoms with Gasteiger partial charge in [-0.1, -0.05) is 138 Å². The average molecular weight is 695 g/mol. The highest BCUT2D eigenvalue weighted by atomic mass is 16.6. The number of hydrogen-bond acceptors (Lipinski definition) is 6. The van der Waals surface area contributed by atoms with E-state index in [-0.39, 0.29) is 31.6 Å². The van der Waals surface area contributed by atoms with E-state index in [1.165, 1.54) is 25.7 Å². The summed E-state index contributed by atoms with van der Waals surface area (Å²) >= 11 is 0. The Bertz CT molecular complexity index is 1030. The molecule has 0 saturated heterocycles. The fourth-order valence-corrected chi connectivity index (χ4v) is 4.81. The maximum absolute atomic E-state index is 12.5. The van der Waals surface area contributed by atoms with Crippen molar-refractivity contribution in [3.63, 3.8) is 0 Å². The summed E-state index contributed by atoms with van der Waals surface area (Å²) in [5.74, 6) is -1.12. The van der Waals surface area contributed by atoms with Crippen LogP contribution in [0.15, 0.2) is 85.1 Å². The minimum Gasteiger partial charge on any atom is -0.462 e. The predicted molar refractivity (Wildman–Crippen MR) is 210 cm³/mol. The topological polar surface area (TPSA) is 78.9 Å². The number of ether oxygens (including phenoxy) is 3. The van der Waals surface area contributed by atoms with Crippen LogP contribution in [-0.2, 0) is 28.6 Å². The number of allylic oxidation sites excluding steroid dienone is 13. The van der Waals surface area contributed by atoms with E-state index in [4.69, 9.17) is 14.2 Å². The van der Waals surface area contributed by atoms with Crippen LogP contribution >= 0.6 is 0 Å². The van der Waals surface area contributed by atoms with Crippen LogP contribution in [0.25, 0.3) is 0 Å². The van der Waals surface area contributed by atoms with Gasteiger partial charge in [-0.2, -0.15) is 0 Å². The summed E-state index contributed by atoms with van der Waals surface area (Å²) in [6.07, 6.45) is 47.6. The summed E-state index contributed by atoms with van der Waals surface area (Å²) in [4.78, 5) is 37.3. The van der Waals surface area contributed by atoms with Gasteiger partial charge < -0.3 is 14.2 Å². The van der Waals surface area contributed by atoms with E-state index < -0.39 is 12.1 Å². The number of unbranched alkanes of at least 4 members (excludes halogenated alkanes) is 9. The van der Waals surface area contributed by atoms with Gasteiger partial charge in [0.2, 0.25) is 0 Å². The third-order valence-corrected chi connectivity index (χ3v) is 7.66. The summed E-state index contributed by atoms with van der Waals surface area (Å²) < 4.78 is 16.4. The van der Waals surface area contributed by atoms with Crippen LogP contribution in [0.2, 0.25) is 0 Å². The first kappa shape index (κ1) is 46.6. The van der Waals surface area contributed by atoms with E-state index >= 15 is 0 Å². The third-order valence-electron chi connectivity index (χ3n) is 7.66. The molecule has 6 nitrogen and oxygen atoms in total. The van der Waals surface area contributed by atoms with Crippen molar-refractivity contribution in [3.8, 4) is 0 Å². The normalized spacial score (nSPS) is 12.9. The Morgan fingerprint density at radius 2 is 0.780 bits per heavy atom. The molecule has 0 N–H and O–H groups in total. The maximum atomic E-state index is 12.5. The maximum Gasteiger partial charge on any atom is 0.310 e. The van der Waals surface area contributed by atoms with Gasteiger partial charge in [-0.15, -0.1) is 0 Å². The van der Waals surface area contributed by atoms with E-state index in [9.17, 15) is 14.4 Å². The Hall–Kier alpha value is -3.41. The second-order valence-electron chi connectivity index (χ2n) is 12.4. The molecule has 0 amide bonds. The molecule has 0 aromatic carbocycles. The zero-order valence-corrected chi connectivity index (χ0v) is 31.9. The van der Waals surface area contributed by atoms with E-state index in [0.717, 1.165) is 89.9 Å². The fourth-order valence-electron chi connectivity index (χ4n) is 4.81. The third kappa shape index (κ3) is 35.9. The zero-order valence-electron chi connectivity index (χ0n) is 31.9. The second kappa shape index (κ2) is 38.4. The second-order valence-corrected chi connectivity index (χ2v) is 12.4. The molecule has 0 bridgehead atoms. The van der Waals surface area contributed by atoms with Crippen molar-refractivity contribution in [2.75, 3.05) is 13.2 Å². The van der Waals surface area contributed by atoms with Crippen LogP contribution in [0, 0.1) is 0 Å². The first-order chi connectivity index (χ1) is 24.5. The van der Waals surface area contributed by atoms with Crippen molar-refractivity contribution < 1.29 is 28.6 Å². The Kier molecular flexibility index (Phi) is 35.8. The molecule has 0 aromatic rings. The average Bonchev–Trinajstić information content (AvgIpc) is 3.11. The van der Waals surface area contributed by atoms with Gasteiger partial charge in [-0.25, -0.2) is 0 Å². The molecule has 0 aliphatic rings. The zero-order chi connectivity index (χ0) is 36.6. The van der Waals surface area contributed by atoms with Crippen LogP contribution in [0.4, 0.5) is 0 Å². The minimum atomic E-state index is -0.837. The van der Waals surface area contributed by atoms with Crippen molar-refractivity contribution in [1.82, 2.24) is 0 Å². The van der Waals surface area contributed by atoms with Gasteiger partial charge in [0.1, 0.15) is 13.2 Å². The lowest BCUT2D eigenvalue weighted by Gasteiger charge is -2.18. The van der Waals surface area contributed by atoms with Crippen molar-refractivity contribution >= 4 is 17.9 Å². The molecule has 282 valence electrons. The Morgan fingerprint density at radius 1 is 0.420 bits per heavy atom. The molecule has 6 heteroatoms. The van der Waals surface area contributed by atoms with E-state index in [2.05, 4.69) is 93.7 Å². The van der Waals surface area contributed by atoms with Crippen LogP contribution in [0.3, 0.4) is 0 Å². The highest BCUT2D eigenvalue weighted by molar-refractivity contribution is 5.72. The summed E-state index contributed by atoms with van der Waals surface area (Å²) in [5.41, 5.74) is 0. The van der Waals surface area contributed by atoms with E-state index in [1.807, 2.05) is 6.08 Å². The molecule has 50 heavy (non-hydrogen) atoms. The fraction of sp³-hybridized carbons (Fsp3) is 0.614. The molecule has 1 unspecified atom stereocenters. The molecule has 1 atom stereocenters. The van der Waals surface area contributed by atoms with E-state index in [1.54, 1.807) is 6.08 Å². The van der Waals surface area contributed by atoms with Crippen LogP contribution in [0.5, 0.6) is 0 Å². The Labute approximate surface area is 305 Å². The molecule has 0 rings (SSSR count). The summed E-state index contributed by atoms with van der Waals surface area (Å²) in [6.45, 7) is 6.11. The lowest BCUT2D eigenvalue weighted by atomic mass is 10.1. The van der Waals surface area contributed by atoms with Gasteiger partial charge in [-0.3, -0.25) is 14.4 Å². The number of rotatable bonds is 33. The quantitative estimate of drug-likeness (QED) is 0.0294. The first-order valence-electron chi connectivity index (χ1n) is 19.6. The van der Waals surface area contributed by atoms with Gasteiger partial charge in [0.15, 0.2) is 6.10 Å².